The van der Waals surface area contributed by atoms with E-state index < -0.39 is 27.6 Å². The van der Waals surface area contributed by atoms with Gasteiger partial charge in [0, 0.05) is 0 Å². The summed E-state index contributed by atoms with van der Waals surface area (Å²) in [5.41, 5.74) is -1.56. The van der Waals surface area contributed by atoms with Gasteiger partial charge in [-0.2, -0.15) is 18.4 Å². The molecule has 0 aliphatic heterocycles. The molecule has 1 rings (SSSR count). The zero-order valence-electron chi connectivity index (χ0n) is 6.49. The Bertz CT molecular complexity index is 405. The molecule has 1 nitrogen and oxygen atoms in total. The third kappa shape index (κ3) is 1.87. The average molecular weight is 268 g/mol. The number of hydrogen-bond acceptors (Lipinski definition) is 1. The van der Waals surface area contributed by atoms with Gasteiger partial charge in [0.15, 0.2) is 5.82 Å². The molecule has 0 aliphatic carbocycles. The lowest BCUT2D eigenvalue weighted by Crippen LogP contribution is -2.07. The first-order valence-electron chi connectivity index (χ1n) is 3.33. The van der Waals surface area contributed by atoms with Crippen molar-refractivity contribution in [2.24, 2.45) is 0 Å². The van der Waals surface area contributed by atoms with Crippen molar-refractivity contribution in [2.45, 2.75) is 6.18 Å². The summed E-state index contributed by atoms with van der Waals surface area (Å²) in [6.07, 6.45) is -4.63. The van der Waals surface area contributed by atoms with Crippen molar-refractivity contribution in [3.05, 3.63) is 33.5 Å². The zero-order chi connectivity index (χ0) is 10.9. The Balaban J connectivity index is 3.41. The molecule has 1 aromatic carbocycles. The normalized spacial score (nSPS) is 11.1. The molecule has 0 saturated heterocycles. The smallest absolute Gasteiger partial charge is 0.204 e. The maximum Gasteiger partial charge on any atom is 0.417 e. The quantitative estimate of drug-likeness (QED) is 0.661. The van der Waals surface area contributed by atoms with Crippen LogP contribution >= 0.6 is 15.9 Å². The first-order chi connectivity index (χ1) is 6.38. The van der Waals surface area contributed by atoms with Gasteiger partial charge in [0.25, 0.3) is 0 Å². The highest BCUT2D eigenvalue weighted by atomic mass is 79.9. The summed E-state index contributed by atoms with van der Waals surface area (Å²) in [5.74, 6) is -1.19. The molecule has 0 radical (unpaired) electrons. The van der Waals surface area contributed by atoms with E-state index in [4.69, 9.17) is 5.26 Å². The number of alkyl halides is 3. The highest BCUT2D eigenvalue weighted by molar-refractivity contribution is 9.10. The Kier molecular flexibility index (Phi) is 2.81. The second-order valence-corrected chi connectivity index (χ2v) is 3.19. The summed E-state index contributed by atoms with van der Waals surface area (Å²) in [7, 11) is 0. The van der Waals surface area contributed by atoms with E-state index in [1.54, 1.807) is 0 Å². The molecule has 0 aromatic heterocycles. The molecule has 0 heterocycles. The van der Waals surface area contributed by atoms with Crippen LogP contribution in [0.25, 0.3) is 0 Å². The highest BCUT2D eigenvalue weighted by Gasteiger charge is 2.34. The second-order valence-electron chi connectivity index (χ2n) is 2.40. The molecule has 0 saturated carbocycles. The fraction of sp³-hybridized carbons (Fsp3) is 0.125. The molecule has 0 N–H and O–H groups in total. The van der Waals surface area contributed by atoms with Crippen LogP contribution < -0.4 is 0 Å². The molecule has 0 unspecified atom stereocenters. The van der Waals surface area contributed by atoms with E-state index in [9.17, 15) is 17.6 Å². The monoisotopic (exact) mass is 267 g/mol. The summed E-state index contributed by atoms with van der Waals surface area (Å²) in [5, 5.41) is 8.34. The number of hydrogen-bond donors (Lipinski definition) is 0. The largest absolute Gasteiger partial charge is 0.417 e. The average Bonchev–Trinajstić information content (AvgIpc) is 2.07. The number of nitrogens with zero attached hydrogens (tertiary/aromatic N) is 1. The molecule has 0 amide bonds. The Hall–Kier alpha value is -1.09. The third-order valence-electron chi connectivity index (χ3n) is 1.51. The predicted octanol–water partition coefficient (Wildman–Crippen LogP) is 3.48. The van der Waals surface area contributed by atoms with Gasteiger partial charge in [-0.05, 0) is 28.1 Å². The molecule has 0 fully saturated rings. The summed E-state index contributed by atoms with van der Waals surface area (Å²) in [4.78, 5) is 0. The Labute approximate surface area is 85.1 Å². The van der Waals surface area contributed by atoms with E-state index in [1.807, 2.05) is 0 Å². The topological polar surface area (TPSA) is 23.8 Å². The summed E-state index contributed by atoms with van der Waals surface area (Å²) in [6, 6.07) is 2.90. The first kappa shape index (κ1) is 11.0. The van der Waals surface area contributed by atoms with Crippen LogP contribution in [-0.2, 0) is 6.18 Å². The molecular weight excluding hydrogens is 266 g/mol. The van der Waals surface area contributed by atoms with Crippen LogP contribution in [0.1, 0.15) is 11.1 Å². The lowest BCUT2D eigenvalue weighted by Gasteiger charge is -2.09. The van der Waals surface area contributed by atoms with Crippen molar-refractivity contribution in [3.63, 3.8) is 0 Å². The van der Waals surface area contributed by atoms with Gasteiger partial charge in [-0.15, -0.1) is 0 Å². The Morgan fingerprint density at radius 2 is 1.86 bits per heavy atom. The van der Waals surface area contributed by atoms with Gasteiger partial charge in [0.1, 0.15) is 6.07 Å². The van der Waals surface area contributed by atoms with Crippen LogP contribution in [0.15, 0.2) is 16.6 Å². The molecule has 1 aromatic rings. The van der Waals surface area contributed by atoms with E-state index in [2.05, 4.69) is 15.9 Å². The first-order valence-corrected chi connectivity index (χ1v) is 4.12. The van der Waals surface area contributed by atoms with Gasteiger partial charge < -0.3 is 0 Å². The molecule has 0 bridgehead atoms. The van der Waals surface area contributed by atoms with Crippen molar-refractivity contribution >= 4 is 15.9 Å². The minimum atomic E-state index is -4.63. The molecule has 74 valence electrons. The highest BCUT2D eigenvalue weighted by Crippen LogP contribution is 2.36. The number of halogens is 5. The standard InChI is InChI=1S/C8H2BrF4N/c9-6-5(8(11,12)13)2-1-4(3-14)7(6)10/h1-2H. The van der Waals surface area contributed by atoms with E-state index in [1.165, 1.54) is 6.07 Å². The molecule has 14 heavy (non-hydrogen) atoms. The minimum absolute atomic E-state index is 0.426. The van der Waals surface area contributed by atoms with Crippen LogP contribution in [0.2, 0.25) is 0 Å². The van der Waals surface area contributed by atoms with Crippen LogP contribution in [0.3, 0.4) is 0 Å². The minimum Gasteiger partial charge on any atom is -0.204 e. The van der Waals surface area contributed by atoms with Crippen molar-refractivity contribution in [1.82, 2.24) is 0 Å². The van der Waals surface area contributed by atoms with Crippen molar-refractivity contribution < 1.29 is 17.6 Å². The molecule has 0 aliphatic rings. The van der Waals surface area contributed by atoms with E-state index in [-0.39, 0.29) is 0 Å². The predicted molar refractivity (Wildman–Crippen MR) is 43.8 cm³/mol. The van der Waals surface area contributed by atoms with Crippen molar-refractivity contribution in [1.29, 1.82) is 5.26 Å². The number of benzene rings is 1. The van der Waals surface area contributed by atoms with E-state index in [0.29, 0.717) is 6.07 Å². The SMILES string of the molecule is N#Cc1ccc(C(F)(F)F)c(Br)c1F. The van der Waals surface area contributed by atoms with Crippen LogP contribution in [0.5, 0.6) is 0 Å². The molecule has 0 atom stereocenters. The molecule has 6 heteroatoms. The van der Waals surface area contributed by atoms with Gasteiger partial charge in [0.2, 0.25) is 0 Å². The van der Waals surface area contributed by atoms with Gasteiger partial charge >= 0.3 is 6.18 Å². The summed E-state index contributed by atoms with van der Waals surface area (Å²) in [6.45, 7) is 0. The van der Waals surface area contributed by atoms with Crippen LogP contribution in [-0.4, -0.2) is 0 Å². The van der Waals surface area contributed by atoms with E-state index in [0.717, 1.165) is 6.07 Å². The van der Waals surface area contributed by atoms with Crippen LogP contribution in [0.4, 0.5) is 17.6 Å². The summed E-state index contributed by atoms with van der Waals surface area (Å²) >= 11 is 2.46. The summed E-state index contributed by atoms with van der Waals surface area (Å²) < 4.78 is 48.8. The maximum absolute atomic E-state index is 13.0. The van der Waals surface area contributed by atoms with Gasteiger partial charge in [-0.3, -0.25) is 0 Å². The Morgan fingerprint density at radius 3 is 2.29 bits per heavy atom. The van der Waals surface area contributed by atoms with Gasteiger partial charge in [0.05, 0.1) is 15.6 Å². The van der Waals surface area contributed by atoms with Crippen molar-refractivity contribution in [2.75, 3.05) is 0 Å². The lowest BCUT2D eigenvalue weighted by molar-refractivity contribution is -0.138. The zero-order valence-corrected chi connectivity index (χ0v) is 8.08. The second kappa shape index (κ2) is 3.58. The molecule has 0 spiro atoms. The fourth-order valence-electron chi connectivity index (χ4n) is 0.855. The molecular formula is C8H2BrF4N. The van der Waals surface area contributed by atoms with Gasteiger partial charge in [-0.1, -0.05) is 0 Å². The number of nitriles is 1. The third-order valence-corrected chi connectivity index (χ3v) is 2.28. The van der Waals surface area contributed by atoms with Crippen LogP contribution in [0, 0.1) is 17.1 Å². The van der Waals surface area contributed by atoms with Gasteiger partial charge in [-0.25, -0.2) is 4.39 Å². The van der Waals surface area contributed by atoms with E-state index >= 15 is 0 Å². The number of rotatable bonds is 0. The van der Waals surface area contributed by atoms with Crippen molar-refractivity contribution in [3.8, 4) is 6.07 Å². The Morgan fingerprint density at radius 1 is 1.29 bits per heavy atom. The maximum atomic E-state index is 13.0. The lowest BCUT2D eigenvalue weighted by atomic mass is 10.1. The fourth-order valence-corrected chi connectivity index (χ4v) is 1.43.